The van der Waals surface area contributed by atoms with Crippen molar-refractivity contribution in [1.82, 2.24) is 0 Å². The molecule has 1 N–H and O–H groups in total. The van der Waals surface area contributed by atoms with E-state index in [2.05, 4.69) is 5.32 Å². The molecule has 4 nitrogen and oxygen atoms in total. The fourth-order valence-corrected chi connectivity index (χ4v) is 2.66. The Bertz CT molecular complexity index is 726. The van der Waals surface area contributed by atoms with Crippen molar-refractivity contribution in [3.63, 3.8) is 0 Å². The van der Waals surface area contributed by atoms with Gasteiger partial charge in [0.25, 0.3) is 5.91 Å². The summed E-state index contributed by atoms with van der Waals surface area (Å²) in [4.78, 5) is 12.5. The van der Waals surface area contributed by atoms with Crippen LogP contribution in [0.3, 0.4) is 0 Å². The standard InChI is InChI=1S/C19H20FNO3/c1-13-8-9-14(20)11-17(13)21-19(22)16-6-2-3-7-18(16)24-12-15-5-4-10-23-15/h2-3,6-9,11,15H,4-5,10,12H2,1H3,(H,21,22). The smallest absolute Gasteiger partial charge is 0.259 e. The Hall–Kier alpha value is -2.40. The zero-order valence-electron chi connectivity index (χ0n) is 13.5. The largest absolute Gasteiger partial charge is 0.490 e. The van der Waals surface area contributed by atoms with Crippen molar-refractivity contribution < 1.29 is 18.7 Å². The van der Waals surface area contributed by atoms with E-state index in [4.69, 9.17) is 9.47 Å². The number of hydrogen-bond acceptors (Lipinski definition) is 3. The molecule has 24 heavy (non-hydrogen) atoms. The van der Waals surface area contributed by atoms with E-state index in [1.807, 2.05) is 13.0 Å². The van der Waals surface area contributed by atoms with Gasteiger partial charge in [0.2, 0.25) is 0 Å². The molecule has 0 aromatic heterocycles. The second kappa shape index (κ2) is 7.45. The number of nitrogens with one attached hydrogen (secondary N) is 1. The third-order valence-corrected chi connectivity index (χ3v) is 4.03. The van der Waals surface area contributed by atoms with Crippen molar-refractivity contribution in [3.8, 4) is 5.75 Å². The van der Waals surface area contributed by atoms with Gasteiger partial charge in [-0.15, -0.1) is 0 Å². The maximum absolute atomic E-state index is 13.4. The van der Waals surface area contributed by atoms with Crippen LogP contribution in [0.25, 0.3) is 0 Å². The number of aryl methyl sites for hydroxylation is 1. The van der Waals surface area contributed by atoms with Gasteiger partial charge in [-0.2, -0.15) is 0 Å². The second-order valence-electron chi connectivity index (χ2n) is 5.86. The Morgan fingerprint density at radius 3 is 2.96 bits per heavy atom. The molecule has 2 aromatic rings. The van der Waals surface area contributed by atoms with E-state index in [0.29, 0.717) is 23.6 Å². The van der Waals surface area contributed by atoms with Crippen LogP contribution in [0.15, 0.2) is 42.5 Å². The lowest BCUT2D eigenvalue weighted by Gasteiger charge is -2.15. The number of hydrogen-bond donors (Lipinski definition) is 1. The average Bonchev–Trinajstić information content (AvgIpc) is 3.10. The number of para-hydroxylation sites is 1. The summed E-state index contributed by atoms with van der Waals surface area (Å²) in [6, 6.07) is 11.3. The van der Waals surface area contributed by atoms with Crippen molar-refractivity contribution in [3.05, 3.63) is 59.4 Å². The molecule has 1 unspecified atom stereocenters. The molecular formula is C19H20FNO3. The first kappa shape index (κ1) is 16.5. The van der Waals surface area contributed by atoms with E-state index in [0.717, 1.165) is 25.0 Å². The highest BCUT2D eigenvalue weighted by molar-refractivity contribution is 6.06. The molecule has 0 spiro atoms. The summed E-state index contributed by atoms with van der Waals surface area (Å²) < 4.78 is 24.7. The van der Waals surface area contributed by atoms with Gasteiger partial charge in [-0.3, -0.25) is 4.79 Å². The van der Waals surface area contributed by atoms with Crippen LogP contribution >= 0.6 is 0 Å². The van der Waals surface area contributed by atoms with Crippen LogP contribution in [-0.2, 0) is 4.74 Å². The van der Waals surface area contributed by atoms with Gasteiger partial charge in [0.15, 0.2) is 0 Å². The highest BCUT2D eigenvalue weighted by Gasteiger charge is 2.18. The number of carbonyl (C=O) groups is 1. The molecular weight excluding hydrogens is 309 g/mol. The first-order chi connectivity index (χ1) is 11.6. The molecule has 3 rings (SSSR count). The molecule has 2 aromatic carbocycles. The first-order valence-electron chi connectivity index (χ1n) is 8.04. The van der Waals surface area contributed by atoms with Gasteiger partial charge in [-0.05, 0) is 49.6 Å². The van der Waals surface area contributed by atoms with Crippen molar-refractivity contribution in [1.29, 1.82) is 0 Å². The Morgan fingerprint density at radius 2 is 2.17 bits per heavy atom. The lowest BCUT2D eigenvalue weighted by atomic mass is 10.1. The summed E-state index contributed by atoms with van der Waals surface area (Å²) >= 11 is 0. The molecule has 0 radical (unpaired) electrons. The van der Waals surface area contributed by atoms with Crippen molar-refractivity contribution in [2.45, 2.75) is 25.9 Å². The highest BCUT2D eigenvalue weighted by atomic mass is 19.1. The molecule has 0 saturated carbocycles. The summed E-state index contributed by atoms with van der Waals surface area (Å²) in [6.45, 7) is 2.99. The van der Waals surface area contributed by atoms with Crippen LogP contribution in [0.2, 0.25) is 0 Å². The number of amides is 1. The molecule has 5 heteroatoms. The van der Waals surface area contributed by atoms with Crippen LogP contribution in [0, 0.1) is 12.7 Å². The summed E-state index contributed by atoms with van der Waals surface area (Å²) in [5, 5.41) is 2.75. The Morgan fingerprint density at radius 1 is 1.33 bits per heavy atom. The summed E-state index contributed by atoms with van der Waals surface area (Å²) in [7, 11) is 0. The van der Waals surface area contributed by atoms with Crippen LogP contribution < -0.4 is 10.1 Å². The Balaban J connectivity index is 1.73. The maximum atomic E-state index is 13.4. The van der Waals surface area contributed by atoms with Gasteiger partial charge in [0.05, 0.1) is 11.7 Å². The summed E-state index contributed by atoms with van der Waals surface area (Å²) in [6.07, 6.45) is 2.08. The Kier molecular flexibility index (Phi) is 5.11. The minimum Gasteiger partial charge on any atom is -0.490 e. The van der Waals surface area contributed by atoms with Crippen molar-refractivity contribution >= 4 is 11.6 Å². The number of rotatable bonds is 5. The van der Waals surface area contributed by atoms with Crippen molar-refractivity contribution in [2.24, 2.45) is 0 Å². The van der Waals surface area contributed by atoms with E-state index in [1.165, 1.54) is 12.1 Å². The van der Waals surface area contributed by atoms with Crippen LogP contribution in [0.1, 0.15) is 28.8 Å². The van der Waals surface area contributed by atoms with Gasteiger partial charge in [-0.1, -0.05) is 18.2 Å². The maximum Gasteiger partial charge on any atom is 0.259 e. The van der Waals surface area contributed by atoms with Gasteiger partial charge in [0, 0.05) is 12.3 Å². The van der Waals surface area contributed by atoms with Gasteiger partial charge < -0.3 is 14.8 Å². The van der Waals surface area contributed by atoms with E-state index in [1.54, 1.807) is 24.3 Å². The summed E-state index contributed by atoms with van der Waals surface area (Å²) in [5.74, 6) is -0.218. The predicted octanol–water partition coefficient (Wildman–Crippen LogP) is 3.94. The molecule has 1 atom stereocenters. The molecule has 0 bridgehead atoms. The minimum atomic E-state index is -0.390. The predicted molar refractivity (Wildman–Crippen MR) is 90.0 cm³/mol. The number of ether oxygens (including phenoxy) is 2. The van der Waals surface area contributed by atoms with Gasteiger partial charge in [-0.25, -0.2) is 4.39 Å². The molecule has 1 fully saturated rings. The SMILES string of the molecule is Cc1ccc(F)cc1NC(=O)c1ccccc1OCC1CCCO1. The molecule has 1 aliphatic rings. The third-order valence-electron chi connectivity index (χ3n) is 4.03. The highest BCUT2D eigenvalue weighted by Crippen LogP contribution is 2.23. The summed E-state index contributed by atoms with van der Waals surface area (Å²) in [5.41, 5.74) is 1.66. The Labute approximate surface area is 140 Å². The zero-order chi connectivity index (χ0) is 16.9. The van der Waals surface area contributed by atoms with E-state index in [-0.39, 0.29) is 17.8 Å². The van der Waals surface area contributed by atoms with Crippen molar-refractivity contribution in [2.75, 3.05) is 18.5 Å². The zero-order valence-corrected chi connectivity index (χ0v) is 13.5. The fraction of sp³-hybridized carbons (Fsp3) is 0.316. The van der Waals surface area contributed by atoms with Gasteiger partial charge >= 0.3 is 0 Å². The van der Waals surface area contributed by atoms with Crippen LogP contribution in [0.5, 0.6) is 5.75 Å². The molecule has 0 aliphatic carbocycles. The molecule has 1 aliphatic heterocycles. The molecule has 1 saturated heterocycles. The molecule has 126 valence electrons. The lowest BCUT2D eigenvalue weighted by molar-refractivity contribution is 0.0673. The van der Waals surface area contributed by atoms with Gasteiger partial charge in [0.1, 0.15) is 18.2 Å². The topological polar surface area (TPSA) is 47.6 Å². The average molecular weight is 329 g/mol. The third kappa shape index (κ3) is 3.92. The second-order valence-corrected chi connectivity index (χ2v) is 5.86. The van der Waals surface area contributed by atoms with E-state index >= 15 is 0 Å². The molecule has 1 heterocycles. The van der Waals surface area contributed by atoms with Crippen LogP contribution in [-0.4, -0.2) is 25.2 Å². The number of benzene rings is 2. The fourth-order valence-electron chi connectivity index (χ4n) is 2.66. The minimum absolute atomic E-state index is 0.0755. The quantitative estimate of drug-likeness (QED) is 0.904. The van der Waals surface area contributed by atoms with E-state index in [9.17, 15) is 9.18 Å². The number of halogens is 1. The monoisotopic (exact) mass is 329 g/mol. The van der Waals surface area contributed by atoms with E-state index < -0.39 is 0 Å². The normalized spacial score (nSPS) is 16.8. The number of carbonyl (C=O) groups excluding carboxylic acids is 1. The first-order valence-corrected chi connectivity index (χ1v) is 8.04. The molecule has 1 amide bonds. The van der Waals surface area contributed by atoms with Crippen LogP contribution in [0.4, 0.5) is 10.1 Å². The lowest BCUT2D eigenvalue weighted by Crippen LogP contribution is -2.19. The number of anilines is 1.